The van der Waals surface area contributed by atoms with Crippen LogP contribution in [0.4, 0.5) is 5.69 Å². The average molecular weight is 450 g/mol. The number of ether oxygens (including phenoxy) is 1. The maximum atomic E-state index is 13.4. The van der Waals surface area contributed by atoms with E-state index in [4.69, 9.17) is 4.74 Å². The number of nitrogens with zero attached hydrogens (tertiary/aromatic N) is 2. The smallest absolute Gasteiger partial charge is 0.243 e. The molecule has 1 N–H and O–H groups in total. The van der Waals surface area contributed by atoms with E-state index in [0.29, 0.717) is 31.5 Å². The Morgan fingerprint density at radius 2 is 2.03 bits per heavy atom. The second-order valence-corrected chi connectivity index (χ2v) is 11.2. The van der Waals surface area contributed by atoms with Crippen molar-refractivity contribution in [2.45, 2.75) is 55.9 Å². The van der Waals surface area contributed by atoms with Crippen LogP contribution < -0.4 is 10.2 Å². The van der Waals surface area contributed by atoms with Crippen LogP contribution in [0, 0.1) is 5.92 Å². The van der Waals surface area contributed by atoms with Gasteiger partial charge in [-0.1, -0.05) is 0 Å². The van der Waals surface area contributed by atoms with Crippen molar-refractivity contribution in [3.8, 4) is 0 Å². The van der Waals surface area contributed by atoms with Gasteiger partial charge in [0.1, 0.15) is 0 Å². The SMILES string of the molecule is CN1C(=O)C(C)(C)c2cc(S(=O)(=O)N3CCCC(C(=O)NCC4CCCO4)C3)ccc21. The van der Waals surface area contributed by atoms with Crippen molar-refractivity contribution in [3.63, 3.8) is 0 Å². The largest absolute Gasteiger partial charge is 0.376 e. The van der Waals surface area contributed by atoms with Gasteiger partial charge in [-0.3, -0.25) is 9.59 Å². The molecule has 0 spiro atoms. The number of fused-ring (bicyclic) bond motifs is 1. The number of carbonyl (C=O) groups excluding carboxylic acids is 2. The topological polar surface area (TPSA) is 96.0 Å². The third-order valence-electron chi connectivity index (χ3n) is 6.76. The molecule has 2 unspecified atom stereocenters. The quantitative estimate of drug-likeness (QED) is 0.737. The van der Waals surface area contributed by atoms with E-state index in [1.54, 1.807) is 30.1 Å². The van der Waals surface area contributed by atoms with Crippen molar-refractivity contribution in [1.82, 2.24) is 9.62 Å². The van der Waals surface area contributed by atoms with Crippen LogP contribution >= 0.6 is 0 Å². The standard InChI is InChI=1S/C22H31N3O5S/c1-22(2)18-12-17(8-9-19(18)24(3)21(22)27)31(28,29)25-10-4-6-15(14-25)20(26)23-13-16-7-5-11-30-16/h8-9,12,15-16H,4-7,10-11,13-14H2,1-3H3,(H,23,26). The number of carbonyl (C=O) groups is 2. The van der Waals surface area contributed by atoms with Crippen molar-refractivity contribution in [3.05, 3.63) is 23.8 Å². The Kier molecular flexibility index (Phi) is 5.87. The Morgan fingerprint density at radius 1 is 1.26 bits per heavy atom. The molecular weight excluding hydrogens is 418 g/mol. The highest BCUT2D eigenvalue weighted by molar-refractivity contribution is 7.89. The fraction of sp³-hybridized carbons (Fsp3) is 0.636. The Bertz CT molecular complexity index is 985. The minimum absolute atomic E-state index is 0.0574. The van der Waals surface area contributed by atoms with E-state index in [1.807, 2.05) is 13.8 Å². The number of likely N-dealkylation sites (N-methyl/N-ethyl adjacent to an activating group) is 1. The third-order valence-corrected chi connectivity index (χ3v) is 8.62. The highest BCUT2D eigenvalue weighted by atomic mass is 32.2. The Morgan fingerprint density at radius 3 is 2.74 bits per heavy atom. The number of rotatable bonds is 5. The lowest BCUT2D eigenvalue weighted by Gasteiger charge is -2.31. The van der Waals surface area contributed by atoms with Gasteiger partial charge in [0.15, 0.2) is 0 Å². The van der Waals surface area contributed by atoms with Crippen LogP contribution in [0.2, 0.25) is 0 Å². The van der Waals surface area contributed by atoms with Crippen molar-refractivity contribution in [2.24, 2.45) is 5.92 Å². The van der Waals surface area contributed by atoms with Crippen LogP contribution in [0.3, 0.4) is 0 Å². The Balaban J connectivity index is 1.49. The maximum absolute atomic E-state index is 13.4. The fourth-order valence-electron chi connectivity index (χ4n) is 4.80. The highest BCUT2D eigenvalue weighted by Gasteiger charge is 2.43. The molecule has 0 saturated carbocycles. The molecule has 0 aliphatic carbocycles. The van der Waals surface area contributed by atoms with Crippen LogP contribution in [-0.2, 0) is 29.8 Å². The molecular formula is C22H31N3O5S. The van der Waals surface area contributed by atoms with Crippen molar-refractivity contribution in [2.75, 3.05) is 38.2 Å². The molecule has 1 aromatic rings. The molecule has 2 fully saturated rings. The van der Waals surface area contributed by atoms with Gasteiger partial charge in [-0.05, 0) is 63.3 Å². The van der Waals surface area contributed by atoms with E-state index in [1.165, 1.54) is 4.31 Å². The van der Waals surface area contributed by atoms with E-state index in [0.717, 1.165) is 25.1 Å². The van der Waals surface area contributed by atoms with Gasteiger partial charge in [0, 0.05) is 39.0 Å². The van der Waals surface area contributed by atoms with Crippen LogP contribution in [0.5, 0.6) is 0 Å². The predicted octanol–water partition coefficient (Wildman–Crippen LogP) is 1.64. The first-order chi connectivity index (χ1) is 14.6. The summed E-state index contributed by atoms with van der Waals surface area (Å²) in [4.78, 5) is 26.9. The number of benzene rings is 1. The van der Waals surface area contributed by atoms with Gasteiger partial charge in [-0.25, -0.2) is 8.42 Å². The van der Waals surface area contributed by atoms with Crippen molar-refractivity contribution in [1.29, 1.82) is 0 Å². The summed E-state index contributed by atoms with van der Waals surface area (Å²) in [6.07, 6.45) is 3.31. The number of piperidine rings is 1. The molecule has 170 valence electrons. The zero-order chi connectivity index (χ0) is 22.4. The molecule has 4 rings (SSSR count). The van der Waals surface area contributed by atoms with Gasteiger partial charge in [-0.15, -0.1) is 0 Å². The molecule has 2 atom stereocenters. The molecule has 0 aromatic heterocycles. The third kappa shape index (κ3) is 3.99. The minimum Gasteiger partial charge on any atom is -0.376 e. The van der Waals surface area contributed by atoms with E-state index >= 15 is 0 Å². The number of anilines is 1. The number of hydrogen-bond acceptors (Lipinski definition) is 5. The normalized spacial score (nSPS) is 26.2. The number of sulfonamides is 1. The zero-order valence-electron chi connectivity index (χ0n) is 18.4. The summed E-state index contributed by atoms with van der Waals surface area (Å²) in [6, 6.07) is 4.87. The van der Waals surface area contributed by atoms with Crippen LogP contribution in [-0.4, -0.2) is 63.9 Å². The lowest BCUT2D eigenvalue weighted by atomic mass is 9.86. The molecule has 3 aliphatic heterocycles. The summed E-state index contributed by atoms with van der Waals surface area (Å²) in [5.74, 6) is -0.542. The molecule has 3 aliphatic rings. The Hall–Kier alpha value is -1.97. The van der Waals surface area contributed by atoms with Crippen LogP contribution in [0.25, 0.3) is 0 Å². The molecule has 9 heteroatoms. The molecule has 3 heterocycles. The number of nitrogens with one attached hydrogen (secondary N) is 1. The first-order valence-electron chi connectivity index (χ1n) is 10.9. The summed E-state index contributed by atoms with van der Waals surface area (Å²) in [6.45, 7) is 5.38. The summed E-state index contributed by atoms with van der Waals surface area (Å²) in [7, 11) is -2.06. The lowest BCUT2D eigenvalue weighted by molar-refractivity contribution is -0.126. The zero-order valence-corrected chi connectivity index (χ0v) is 19.2. The summed E-state index contributed by atoms with van der Waals surface area (Å²) in [5.41, 5.74) is 0.672. The maximum Gasteiger partial charge on any atom is 0.243 e. The average Bonchev–Trinajstić information content (AvgIpc) is 3.34. The second-order valence-electron chi connectivity index (χ2n) is 9.25. The summed E-state index contributed by atoms with van der Waals surface area (Å²) in [5, 5.41) is 2.93. The van der Waals surface area contributed by atoms with Gasteiger partial charge in [0.05, 0.1) is 22.3 Å². The first-order valence-corrected chi connectivity index (χ1v) is 12.4. The molecule has 0 bridgehead atoms. The van der Waals surface area contributed by atoms with E-state index < -0.39 is 15.4 Å². The molecule has 8 nitrogen and oxygen atoms in total. The monoisotopic (exact) mass is 449 g/mol. The van der Waals surface area contributed by atoms with Gasteiger partial charge >= 0.3 is 0 Å². The molecule has 31 heavy (non-hydrogen) atoms. The van der Waals surface area contributed by atoms with Gasteiger partial charge < -0.3 is 15.0 Å². The lowest BCUT2D eigenvalue weighted by Crippen LogP contribution is -2.46. The predicted molar refractivity (Wildman–Crippen MR) is 116 cm³/mol. The summed E-state index contributed by atoms with van der Waals surface area (Å²) < 4.78 is 33.7. The van der Waals surface area contributed by atoms with E-state index in [9.17, 15) is 18.0 Å². The van der Waals surface area contributed by atoms with Crippen molar-refractivity contribution >= 4 is 27.5 Å². The van der Waals surface area contributed by atoms with E-state index in [-0.39, 0.29) is 35.3 Å². The van der Waals surface area contributed by atoms with Gasteiger partial charge in [0.2, 0.25) is 21.8 Å². The van der Waals surface area contributed by atoms with E-state index in [2.05, 4.69) is 5.32 Å². The second kappa shape index (κ2) is 8.18. The van der Waals surface area contributed by atoms with Crippen molar-refractivity contribution < 1.29 is 22.7 Å². The molecule has 0 radical (unpaired) electrons. The molecule has 2 saturated heterocycles. The van der Waals surface area contributed by atoms with Gasteiger partial charge in [0.25, 0.3) is 0 Å². The fourth-order valence-corrected chi connectivity index (χ4v) is 6.35. The summed E-state index contributed by atoms with van der Waals surface area (Å²) >= 11 is 0. The number of amides is 2. The number of hydrogen-bond donors (Lipinski definition) is 1. The van der Waals surface area contributed by atoms with Crippen LogP contribution in [0.1, 0.15) is 45.1 Å². The van der Waals surface area contributed by atoms with Crippen LogP contribution in [0.15, 0.2) is 23.1 Å². The molecule has 2 amide bonds. The van der Waals surface area contributed by atoms with Gasteiger partial charge in [-0.2, -0.15) is 4.31 Å². The minimum atomic E-state index is -3.77. The first kappa shape index (κ1) is 22.2. The molecule has 1 aromatic carbocycles. The Labute approximate surface area is 184 Å². The highest BCUT2D eigenvalue weighted by Crippen LogP contribution is 2.42.